The lowest BCUT2D eigenvalue weighted by Crippen LogP contribution is -2.02. The molecule has 19 heavy (non-hydrogen) atoms. The standard InChI is InChI=1S/C14H15N5/c1-8-9(2)16-14(17-10(8)3)18-12-4-5-13-11(6-12)7-15-19-13/h4-7H,1-3H3,(H,15,19)(H,16,17,18). The van der Waals surface area contributed by atoms with Gasteiger partial charge in [0.1, 0.15) is 0 Å². The number of hydrogen-bond acceptors (Lipinski definition) is 4. The van der Waals surface area contributed by atoms with Gasteiger partial charge < -0.3 is 5.32 Å². The molecule has 2 aromatic heterocycles. The molecule has 0 atom stereocenters. The number of aromatic nitrogens is 4. The Hall–Kier alpha value is -2.43. The van der Waals surface area contributed by atoms with Crippen molar-refractivity contribution in [3.8, 4) is 0 Å². The minimum absolute atomic E-state index is 0.628. The summed E-state index contributed by atoms with van der Waals surface area (Å²) in [5.74, 6) is 0.628. The predicted molar refractivity (Wildman–Crippen MR) is 75.6 cm³/mol. The van der Waals surface area contributed by atoms with Crippen LogP contribution in [0.1, 0.15) is 17.0 Å². The molecule has 0 aliphatic carbocycles. The lowest BCUT2D eigenvalue weighted by atomic mass is 10.2. The molecule has 0 amide bonds. The SMILES string of the molecule is Cc1nc(Nc2ccc3[nH]ncc3c2)nc(C)c1C. The number of fused-ring (bicyclic) bond motifs is 1. The number of benzene rings is 1. The largest absolute Gasteiger partial charge is 0.324 e. The van der Waals surface area contributed by atoms with Crippen molar-refractivity contribution in [3.05, 3.63) is 41.3 Å². The first-order valence-electron chi connectivity index (χ1n) is 6.15. The molecule has 2 N–H and O–H groups in total. The number of anilines is 2. The summed E-state index contributed by atoms with van der Waals surface area (Å²) in [5, 5.41) is 11.2. The average molecular weight is 253 g/mol. The summed E-state index contributed by atoms with van der Waals surface area (Å²) in [6.45, 7) is 6.02. The van der Waals surface area contributed by atoms with Crippen LogP contribution in [-0.4, -0.2) is 20.2 Å². The van der Waals surface area contributed by atoms with Gasteiger partial charge in [0.15, 0.2) is 0 Å². The Kier molecular flexibility index (Phi) is 2.67. The fourth-order valence-corrected chi connectivity index (χ4v) is 1.98. The molecule has 5 nitrogen and oxygen atoms in total. The molecule has 0 fully saturated rings. The number of nitrogens with zero attached hydrogens (tertiary/aromatic N) is 3. The van der Waals surface area contributed by atoms with Gasteiger partial charge in [-0.05, 0) is 44.5 Å². The van der Waals surface area contributed by atoms with E-state index in [0.29, 0.717) is 5.95 Å². The summed E-state index contributed by atoms with van der Waals surface area (Å²) in [7, 11) is 0. The van der Waals surface area contributed by atoms with E-state index in [2.05, 4.69) is 25.5 Å². The molecule has 3 rings (SSSR count). The minimum atomic E-state index is 0.628. The highest BCUT2D eigenvalue weighted by Gasteiger charge is 2.05. The van der Waals surface area contributed by atoms with Crippen LogP contribution < -0.4 is 5.32 Å². The van der Waals surface area contributed by atoms with Gasteiger partial charge in [-0.15, -0.1) is 0 Å². The van der Waals surface area contributed by atoms with Gasteiger partial charge in [0, 0.05) is 22.5 Å². The highest BCUT2D eigenvalue weighted by Crippen LogP contribution is 2.20. The zero-order chi connectivity index (χ0) is 13.4. The third-order valence-corrected chi connectivity index (χ3v) is 3.33. The summed E-state index contributed by atoms with van der Waals surface area (Å²) in [5.41, 5.74) is 5.11. The molecule has 5 heteroatoms. The highest BCUT2D eigenvalue weighted by molar-refractivity contribution is 5.82. The average Bonchev–Trinajstić information content (AvgIpc) is 2.83. The number of aryl methyl sites for hydroxylation is 2. The topological polar surface area (TPSA) is 66.5 Å². The molecule has 0 bridgehead atoms. The van der Waals surface area contributed by atoms with E-state index in [0.717, 1.165) is 33.5 Å². The number of nitrogens with one attached hydrogen (secondary N) is 2. The molecule has 3 aromatic rings. The Labute approximate surface area is 111 Å². The van der Waals surface area contributed by atoms with E-state index in [-0.39, 0.29) is 0 Å². The minimum Gasteiger partial charge on any atom is -0.324 e. The van der Waals surface area contributed by atoms with Crippen molar-refractivity contribution in [1.29, 1.82) is 0 Å². The molecule has 0 saturated heterocycles. The van der Waals surface area contributed by atoms with E-state index in [9.17, 15) is 0 Å². The van der Waals surface area contributed by atoms with Crippen LogP contribution in [0.4, 0.5) is 11.6 Å². The van der Waals surface area contributed by atoms with Gasteiger partial charge >= 0.3 is 0 Å². The van der Waals surface area contributed by atoms with Gasteiger partial charge in [-0.25, -0.2) is 9.97 Å². The van der Waals surface area contributed by atoms with Gasteiger partial charge in [0.25, 0.3) is 0 Å². The van der Waals surface area contributed by atoms with E-state index >= 15 is 0 Å². The monoisotopic (exact) mass is 253 g/mol. The molecule has 2 heterocycles. The Balaban J connectivity index is 1.96. The maximum atomic E-state index is 4.45. The highest BCUT2D eigenvalue weighted by atomic mass is 15.1. The van der Waals surface area contributed by atoms with Crippen molar-refractivity contribution >= 4 is 22.5 Å². The third kappa shape index (κ3) is 2.14. The lowest BCUT2D eigenvalue weighted by molar-refractivity contribution is 1.02. The second-order valence-electron chi connectivity index (χ2n) is 4.64. The molecular weight excluding hydrogens is 238 g/mol. The second kappa shape index (κ2) is 4.35. The van der Waals surface area contributed by atoms with Crippen LogP contribution in [-0.2, 0) is 0 Å². The molecule has 0 spiro atoms. The summed E-state index contributed by atoms with van der Waals surface area (Å²) in [6.07, 6.45) is 1.80. The molecule has 0 aliphatic heterocycles. The molecule has 0 unspecified atom stereocenters. The van der Waals surface area contributed by atoms with Crippen LogP contribution in [0.2, 0.25) is 0 Å². The fraction of sp³-hybridized carbons (Fsp3) is 0.214. The first-order valence-corrected chi connectivity index (χ1v) is 6.15. The first kappa shape index (κ1) is 11.6. The summed E-state index contributed by atoms with van der Waals surface area (Å²) < 4.78 is 0. The van der Waals surface area contributed by atoms with Crippen molar-refractivity contribution in [2.45, 2.75) is 20.8 Å². The normalized spacial score (nSPS) is 10.9. The van der Waals surface area contributed by atoms with E-state index in [4.69, 9.17) is 0 Å². The van der Waals surface area contributed by atoms with Crippen molar-refractivity contribution < 1.29 is 0 Å². The Morgan fingerprint density at radius 3 is 2.53 bits per heavy atom. The summed E-state index contributed by atoms with van der Waals surface area (Å²) in [6, 6.07) is 5.99. The summed E-state index contributed by atoms with van der Waals surface area (Å²) in [4.78, 5) is 8.90. The van der Waals surface area contributed by atoms with Crippen LogP contribution in [0.5, 0.6) is 0 Å². The molecule has 0 aliphatic rings. The molecule has 1 aromatic carbocycles. The molecule has 0 saturated carbocycles. The van der Waals surface area contributed by atoms with Crippen molar-refractivity contribution in [2.75, 3.05) is 5.32 Å². The van der Waals surface area contributed by atoms with Crippen LogP contribution in [0.25, 0.3) is 10.9 Å². The third-order valence-electron chi connectivity index (χ3n) is 3.33. The van der Waals surface area contributed by atoms with Gasteiger partial charge in [-0.2, -0.15) is 5.10 Å². The Bertz CT molecular complexity index is 721. The Morgan fingerprint density at radius 2 is 1.79 bits per heavy atom. The van der Waals surface area contributed by atoms with E-state index in [1.807, 2.05) is 39.0 Å². The second-order valence-corrected chi connectivity index (χ2v) is 4.64. The van der Waals surface area contributed by atoms with Gasteiger partial charge in [0.05, 0.1) is 11.7 Å². The van der Waals surface area contributed by atoms with Gasteiger partial charge in [-0.1, -0.05) is 0 Å². The number of H-pyrrole nitrogens is 1. The molecular formula is C14H15N5. The number of aromatic amines is 1. The van der Waals surface area contributed by atoms with Crippen molar-refractivity contribution in [1.82, 2.24) is 20.2 Å². The van der Waals surface area contributed by atoms with E-state index in [1.54, 1.807) is 6.20 Å². The van der Waals surface area contributed by atoms with E-state index in [1.165, 1.54) is 0 Å². The fourth-order valence-electron chi connectivity index (χ4n) is 1.98. The first-order chi connectivity index (χ1) is 9.13. The predicted octanol–water partition coefficient (Wildman–Crippen LogP) is 3.02. The number of rotatable bonds is 2. The smallest absolute Gasteiger partial charge is 0.227 e. The lowest BCUT2D eigenvalue weighted by Gasteiger charge is -2.09. The van der Waals surface area contributed by atoms with Gasteiger partial charge in [0.2, 0.25) is 5.95 Å². The van der Waals surface area contributed by atoms with Crippen LogP contribution in [0.3, 0.4) is 0 Å². The van der Waals surface area contributed by atoms with Crippen molar-refractivity contribution in [2.24, 2.45) is 0 Å². The van der Waals surface area contributed by atoms with Crippen molar-refractivity contribution in [3.63, 3.8) is 0 Å². The van der Waals surface area contributed by atoms with Crippen LogP contribution >= 0.6 is 0 Å². The summed E-state index contributed by atoms with van der Waals surface area (Å²) >= 11 is 0. The number of hydrogen-bond donors (Lipinski definition) is 2. The van der Waals surface area contributed by atoms with E-state index < -0.39 is 0 Å². The van der Waals surface area contributed by atoms with Crippen LogP contribution in [0, 0.1) is 20.8 Å². The molecule has 0 radical (unpaired) electrons. The Morgan fingerprint density at radius 1 is 1.05 bits per heavy atom. The zero-order valence-electron chi connectivity index (χ0n) is 11.2. The maximum absolute atomic E-state index is 4.45. The maximum Gasteiger partial charge on any atom is 0.227 e. The zero-order valence-corrected chi connectivity index (χ0v) is 11.2. The quantitative estimate of drug-likeness (QED) is 0.736. The van der Waals surface area contributed by atoms with Gasteiger partial charge in [-0.3, -0.25) is 5.10 Å². The van der Waals surface area contributed by atoms with Crippen LogP contribution in [0.15, 0.2) is 24.4 Å². The molecule has 96 valence electrons.